The summed E-state index contributed by atoms with van der Waals surface area (Å²) in [6.45, 7) is 5.96. The highest BCUT2D eigenvalue weighted by Gasteiger charge is 2.16. The molecule has 0 aliphatic carbocycles. The van der Waals surface area contributed by atoms with Gasteiger partial charge in [0, 0.05) is 11.6 Å². The zero-order valence-electron chi connectivity index (χ0n) is 8.71. The van der Waals surface area contributed by atoms with E-state index in [2.05, 4.69) is 0 Å². The van der Waals surface area contributed by atoms with Crippen molar-refractivity contribution in [2.75, 3.05) is 0 Å². The third-order valence-corrected chi connectivity index (χ3v) is 2.60. The van der Waals surface area contributed by atoms with Crippen LogP contribution in [0.25, 0.3) is 0 Å². The molecule has 0 saturated carbocycles. The number of hydrogen-bond donors (Lipinski definition) is 2. The largest absolute Gasteiger partial charge is 0.506 e. The number of rotatable bonds is 2. The van der Waals surface area contributed by atoms with Gasteiger partial charge in [-0.1, -0.05) is 31.5 Å². The monoisotopic (exact) mass is 213 g/mol. The van der Waals surface area contributed by atoms with Gasteiger partial charge in [-0.3, -0.25) is 0 Å². The molecule has 3 N–H and O–H groups in total. The highest BCUT2D eigenvalue weighted by atomic mass is 35.5. The van der Waals surface area contributed by atoms with Crippen molar-refractivity contribution in [1.82, 2.24) is 0 Å². The maximum Gasteiger partial charge on any atom is 0.138 e. The lowest BCUT2D eigenvalue weighted by Crippen LogP contribution is -2.17. The van der Waals surface area contributed by atoms with Crippen LogP contribution in [0.4, 0.5) is 0 Å². The first-order valence-electron chi connectivity index (χ1n) is 4.68. The van der Waals surface area contributed by atoms with Gasteiger partial charge in [-0.05, 0) is 24.5 Å². The minimum absolute atomic E-state index is 0.110. The fraction of sp³-hybridized carbons (Fsp3) is 0.455. The van der Waals surface area contributed by atoms with Gasteiger partial charge in [0.1, 0.15) is 5.75 Å². The lowest BCUT2D eigenvalue weighted by Gasteiger charge is -2.18. The third-order valence-electron chi connectivity index (χ3n) is 2.31. The Labute approximate surface area is 89.7 Å². The first kappa shape index (κ1) is 11.3. The summed E-state index contributed by atoms with van der Waals surface area (Å²) in [6.07, 6.45) is 0. The van der Waals surface area contributed by atoms with Gasteiger partial charge in [-0.25, -0.2) is 0 Å². The van der Waals surface area contributed by atoms with Crippen molar-refractivity contribution in [1.29, 1.82) is 0 Å². The lowest BCUT2D eigenvalue weighted by molar-refractivity contribution is 0.440. The van der Waals surface area contributed by atoms with Crippen molar-refractivity contribution in [2.45, 2.75) is 26.8 Å². The number of halogens is 1. The van der Waals surface area contributed by atoms with Crippen LogP contribution in [0, 0.1) is 12.8 Å². The quantitative estimate of drug-likeness (QED) is 0.794. The van der Waals surface area contributed by atoms with E-state index in [1.807, 2.05) is 26.8 Å². The Bertz CT molecular complexity index is 336. The first-order chi connectivity index (χ1) is 6.43. The minimum atomic E-state index is -0.174. The molecule has 0 unspecified atom stereocenters. The number of phenolic OH excluding ortho intramolecular Hbond substituents is 1. The summed E-state index contributed by atoms with van der Waals surface area (Å²) in [5.41, 5.74) is 7.70. The highest BCUT2D eigenvalue weighted by Crippen LogP contribution is 2.34. The number of phenols is 1. The average Bonchev–Trinajstić information content (AvgIpc) is 2.09. The van der Waals surface area contributed by atoms with Gasteiger partial charge in [0.25, 0.3) is 0 Å². The maximum atomic E-state index is 9.73. The molecule has 0 heterocycles. The predicted molar refractivity (Wildman–Crippen MR) is 59.6 cm³/mol. The molecular formula is C11H16ClNO. The van der Waals surface area contributed by atoms with E-state index in [1.165, 1.54) is 0 Å². The number of aryl methyl sites for hydroxylation is 1. The van der Waals surface area contributed by atoms with E-state index in [9.17, 15) is 5.11 Å². The van der Waals surface area contributed by atoms with Crippen LogP contribution in [0.15, 0.2) is 12.1 Å². The molecule has 0 saturated heterocycles. The van der Waals surface area contributed by atoms with E-state index in [-0.39, 0.29) is 17.7 Å². The summed E-state index contributed by atoms with van der Waals surface area (Å²) >= 11 is 5.86. The van der Waals surface area contributed by atoms with Crippen LogP contribution in [0.1, 0.15) is 31.0 Å². The Balaban J connectivity index is 3.20. The number of hydrogen-bond acceptors (Lipinski definition) is 2. The van der Waals surface area contributed by atoms with Gasteiger partial charge < -0.3 is 10.8 Å². The molecule has 0 spiro atoms. The molecule has 0 aromatic heterocycles. The van der Waals surface area contributed by atoms with Crippen molar-refractivity contribution >= 4 is 11.6 Å². The summed E-state index contributed by atoms with van der Waals surface area (Å²) in [5.74, 6) is 0.386. The standard InChI is InChI=1S/C11H16ClNO/c1-6(2)10(13)8-4-7(3)5-9(12)11(8)14/h4-6,10,14H,13H2,1-3H3/t10-/m0/s1. The second-order valence-corrected chi connectivity index (χ2v) is 4.36. The molecule has 0 radical (unpaired) electrons. The smallest absolute Gasteiger partial charge is 0.138 e. The molecule has 2 nitrogen and oxygen atoms in total. The minimum Gasteiger partial charge on any atom is -0.506 e. The molecule has 14 heavy (non-hydrogen) atoms. The average molecular weight is 214 g/mol. The van der Waals surface area contributed by atoms with Crippen LogP contribution in [0.5, 0.6) is 5.75 Å². The van der Waals surface area contributed by atoms with Crippen LogP contribution in [-0.2, 0) is 0 Å². The number of nitrogens with two attached hydrogens (primary N) is 1. The number of benzene rings is 1. The van der Waals surface area contributed by atoms with Crippen molar-refractivity contribution in [3.05, 3.63) is 28.3 Å². The molecule has 0 aliphatic rings. The molecule has 0 bridgehead atoms. The van der Waals surface area contributed by atoms with Crippen LogP contribution < -0.4 is 5.73 Å². The zero-order valence-corrected chi connectivity index (χ0v) is 9.47. The number of aromatic hydroxyl groups is 1. The summed E-state index contributed by atoms with van der Waals surface area (Å²) in [5, 5.41) is 10.1. The van der Waals surface area contributed by atoms with Gasteiger partial charge in [-0.15, -0.1) is 0 Å². The van der Waals surface area contributed by atoms with Crippen LogP contribution in [0.3, 0.4) is 0 Å². The Morgan fingerprint density at radius 3 is 2.43 bits per heavy atom. The van der Waals surface area contributed by atoms with E-state index in [4.69, 9.17) is 17.3 Å². The van der Waals surface area contributed by atoms with Gasteiger partial charge in [-0.2, -0.15) is 0 Å². The Hall–Kier alpha value is -0.730. The molecule has 78 valence electrons. The predicted octanol–water partition coefficient (Wildman–Crippen LogP) is 3.01. The topological polar surface area (TPSA) is 46.2 Å². The highest BCUT2D eigenvalue weighted by molar-refractivity contribution is 6.32. The van der Waals surface area contributed by atoms with E-state index in [0.717, 1.165) is 11.1 Å². The molecule has 3 heteroatoms. The van der Waals surface area contributed by atoms with Crippen molar-refractivity contribution < 1.29 is 5.11 Å². The van der Waals surface area contributed by atoms with Gasteiger partial charge in [0.2, 0.25) is 0 Å². The van der Waals surface area contributed by atoms with Crippen molar-refractivity contribution in [3.63, 3.8) is 0 Å². The first-order valence-corrected chi connectivity index (χ1v) is 5.06. The molecule has 1 aromatic carbocycles. The molecule has 0 amide bonds. The van der Waals surface area contributed by atoms with Gasteiger partial charge in [0.05, 0.1) is 5.02 Å². The van der Waals surface area contributed by atoms with Gasteiger partial charge >= 0.3 is 0 Å². The van der Waals surface area contributed by atoms with Crippen LogP contribution in [0.2, 0.25) is 5.02 Å². The second-order valence-electron chi connectivity index (χ2n) is 3.95. The maximum absolute atomic E-state index is 9.73. The third kappa shape index (κ3) is 2.20. The summed E-state index contributed by atoms with van der Waals surface area (Å²) in [7, 11) is 0. The van der Waals surface area contributed by atoms with Crippen LogP contribution in [-0.4, -0.2) is 5.11 Å². The summed E-state index contributed by atoms with van der Waals surface area (Å²) < 4.78 is 0. The van der Waals surface area contributed by atoms with Crippen molar-refractivity contribution in [2.24, 2.45) is 11.7 Å². The molecule has 1 rings (SSSR count). The zero-order chi connectivity index (χ0) is 10.9. The molecule has 0 fully saturated rings. The van der Waals surface area contributed by atoms with E-state index in [0.29, 0.717) is 5.02 Å². The fourth-order valence-electron chi connectivity index (χ4n) is 1.37. The summed E-state index contributed by atoms with van der Waals surface area (Å²) in [6, 6.07) is 3.44. The fourth-order valence-corrected chi connectivity index (χ4v) is 1.66. The van der Waals surface area contributed by atoms with Crippen LogP contribution >= 0.6 is 11.6 Å². The normalized spacial score (nSPS) is 13.3. The van der Waals surface area contributed by atoms with Gasteiger partial charge in [0.15, 0.2) is 0 Å². The lowest BCUT2D eigenvalue weighted by atomic mass is 9.95. The Morgan fingerprint density at radius 2 is 1.93 bits per heavy atom. The van der Waals surface area contributed by atoms with Crippen molar-refractivity contribution in [3.8, 4) is 5.75 Å². The Morgan fingerprint density at radius 1 is 1.36 bits per heavy atom. The Kier molecular flexibility index (Phi) is 3.40. The molecule has 0 aliphatic heterocycles. The summed E-state index contributed by atoms with van der Waals surface area (Å²) in [4.78, 5) is 0. The van der Waals surface area contributed by atoms with E-state index in [1.54, 1.807) is 6.07 Å². The second kappa shape index (κ2) is 4.20. The molecule has 1 aromatic rings. The molecular weight excluding hydrogens is 198 g/mol. The van der Waals surface area contributed by atoms with E-state index < -0.39 is 0 Å². The molecule has 1 atom stereocenters. The van der Waals surface area contributed by atoms with E-state index >= 15 is 0 Å². The SMILES string of the molecule is Cc1cc(Cl)c(O)c([C@@H](N)C(C)C)c1.